The van der Waals surface area contributed by atoms with Crippen molar-refractivity contribution in [2.45, 2.75) is 6.92 Å². The van der Waals surface area contributed by atoms with Gasteiger partial charge < -0.3 is 4.74 Å². The molecule has 0 atom stereocenters. The maximum absolute atomic E-state index is 11.3. The topological polar surface area (TPSA) is 26.3 Å². The van der Waals surface area contributed by atoms with E-state index in [1.807, 2.05) is 43.3 Å². The second-order valence-electron chi connectivity index (χ2n) is 4.18. The van der Waals surface area contributed by atoms with Crippen molar-refractivity contribution in [2.24, 2.45) is 0 Å². The number of aryl methyl sites for hydroxylation is 1. The number of esters is 1. The lowest BCUT2D eigenvalue weighted by Gasteiger charge is -1.98. The number of carbonyl (C=O) groups excluding carboxylic acids is 1. The fourth-order valence-corrected chi connectivity index (χ4v) is 1.59. The zero-order chi connectivity index (χ0) is 13.7. The van der Waals surface area contributed by atoms with Crippen molar-refractivity contribution in [2.75, 3.05) is 7.11 Å². The van der Waals surface area contributed by atoms with Gasteiger partial charge in [0.05, 0.1) is 12.7 Å². The second-order valence-corrected chi connectivity index (χ2v) is 4.18. The van der Waals surface area contributed by atoms with Crippen molar-refractivity contribution >= 4 is 5.97 Å². The van der Waals surface area contributed by atoms with Crippen LogP contribution in [-0.4, -0.2) is 13.1 Å². The lowest BCUT2D eigenvalue weighted by molar-refractivity contribution is 0.0601. The molecule has 0 bridgehead atoms. The van der Waals surface area contributed by atoms with Gasteiger partial charge in [0.1, 0.15) is 0 Å². The standard InChI is InChI=1S/C17H14O2/c1-13-3-5-14(6-4-13)7-8-15-9-11-16(12-10-15)17(18)19-2/h3-6,9-12H,1-2H3. The van der Waals surface area contributed by atoms with Gasteiger partial charge in [0.25, 0.3) is 0 Å². The van der Waals surface area contributed by atoms with Crippen LogP contribution >= 0.6 is 0 Å². The van der Waals surface area contributed by atoms with E-state index in [0.717, 1.165) is 11.1 Å². The summed E-state index contributed by atoms with van der Waals surface area (Å²) in [4.78, 5) is 11.3. The first kappa shape index (κ1) is 12.9. The van der Waals surface area contributed by atoms with E-state index in [1.54, 1.807) is 12.1 Å². The number of benzene rings is 2. The van der Waals surface area contributed by atoms with Crippen molar-refractivity contribution < 1.29 is 9.53 Å². The Morgan fingerprint density at radius 3 is 1.84 bits per heavy atom. The molecule has 0 aromatic heterocycles. The average Bonchev–Trinajstić information content (AvgIpc) is 2.46. The number of carbonyl (C=O) groups is 1. The predicted molar refractivity (Wildman–Crippen MR) is 74.9 cm³/mol. The van der Waals surface area contributed by atoms with Crippen LogP contribution in [0.1, 0.15) is 27.0 Å². The molecule has 0 amide bonds. The van der Waals surface area contributed by atoms with Gasteiger partial charge in [-0.05, 0) is 43.3 Å². The fraction of sp³-hybridized carbons (Fsp3) is 0.118. The third-order valence-corrected chi connectivity index (χ3v) is 2.71. The van der Waals surface area contributed by atoms with Crippen LogP contribution in [0.3, 0.4) is 0 Å². The summed E-state index contributed by atoms with van der Waals surface area (Å²) in [5.41, 5.74) is 3.59. The molecule has 2 nitrogen and oxygen atoms in total. The Labute approximate surface area is 113 Å². The van der Waals surface area contributed by atoms with Crippen LogP contribution in [0, 0.1) is 18.8 Å². The molecule has 0 heterocycles. The van der Waals surface area contributed by atoms with E-state index in [0.29, 0.717) is 5.56 Å². The summed E-state index contributed by atoms with van der Waals surface area (Å²) < 4.78 is 4.64. The van der Waals surface area contributed by atoms with Crippen LogP contribution < -0.4 is 0 Å². The number of methoxy groups -OCH3 is 1. The number of rotatable bonds is 1. The first-order valence-electron chi connectivity index (χ1n) is 5.96. The van der Waals surface area contributed by atoms with Crippen molar-refractivity contribution in [3.05, 3.63) is 70.8 Å². The molecule has 0 spiro atoms. The summed E-state index contributed by atoms with van der Waals surface area (Å²) in [6, 6.07) is 15.1. The Hall–Kier alpha value is -2.53. The molecule has 2 aromatic carbocycles. The lowest BCUT2D eigenvalue weighted by Crippen LogP contribution is -2.00. The van der Waals surface area contributed by atoms with Gasteiger partial charge >= 0.3 is 5.97 Å². The number of hydrogen-bond acceptors (Lipinski definition) is 2. The Morgan fingerprint density at radius 1 is 0.895 bits per heavy atom. The summed E-state index contributed by atoms with van der Waals surface area (Å²) in [5.74, 6) is 5.81. The van der Waals surface area contributed by atoms with Crippen molar-refractivity contribution in [1.82, 2.24) is 0 Å². The summed E-state index contributed by atoms with van der Waals surface area (Å²) in [7, 11) is 1.37. The van der Waals surface area contributed by atoms with E-state index in [2.05, 4.69) is 16.6 Å². The van der Waals surface area contributed by atoms with Gasteiger partial charge in [0.15, 0.2) is 0 Å². The first-order valence-corrected chi connectivity index (χ1v) is 5.96. The second kappa shape index (κ2) is 5.88. The Morgan fingerprint density at radius 2 is 1.37 bits per heavy atom. The molecule has 0 aliphatic heterocycles. The molecule has 2 aromatic rings. The molecule has 0 unspecified atom stereocenters. The summed E-state index contributed by atoms with van der Waals surface area (Å²) in [6.45, 7) is 2.04. The third kappa shape index (κ3) is 3.46. The molecule has 0 N–H and O–H groups in total. The largest absolute Gasteiger partial charge is 0.465 e. The van der Waals surface area contributed by atoms with Crippen molar-refractivity contribution in [3.8, 4) is 11.8 Å². The van der Waals surface area contributed by atoms with Crippen LogP contribution in [0.5, 0.6) is 0 Å². The SMILES string of the molecule is COC(=O)c1ccc(C#Cc2ccc(C)cc2)cc1. The third-order valence-electron chi connectivity index (χ3n) is 2.71. The molecule has 94 valence electrons. The highest BCUT2D eigenvalue weighted by Crippen LogP contribution is 2.06. The van der Waals surface area contributed by atoms with Gasteiger partial charge in [-0.1, -0.05) is 29.5 Å². The molecule has 2 rings (SSSR count). The molecule has 0 saturated carbocycles. The highest BCUT2D eigenvalue weighted by atomic mass is 16.5. The molecule has 19 heavy (non-hydrogen) atoms. The maximum atomic E-state index is 11.3. The van der Waals surface area contributed by atoms with Crippen LogP contribution in [0.4, 0.5) is 0 Å². The highest BCUT2D eigenvalue weighted by Gasteiger charge is 2.02. The van der Waals surface area contributed by atoms with Crippen LogP contribution in [0.2, 0.25) is 0 Å². The van der Waals surface area contributed by atoms with Crippen LogP contribution in [-0.2, 0) is 4.74 Å². The van der Waals surface area contributed by atoms with E-state index >= 15 is 0 Å². The van der Waals surface area contributed by atoms with E-state index in [4.69, 9.17) is 0 Å². The van der Waals surface area contributed by atoms with E-state index in [9.17, 15) is 4.79 Å². The molecular formula is C17H14O2. The molecule has 0 aliphatic carbocycles. The predicted octanol–water partition coefficient (Wildman–Crippen LogP) is 3.18. The van der Waals surface area contributed by atoms with Crippen LogP contribution in [0.25, 0.3) is 0 Å². The molecule has 0 aliphatic rings. The summed E-state index contributed by atoms with van der Waals surface area (Å²) >= 11 is 0. The molecular weight excluding hydrogens is 236 g/mol. The molecule has 0 saturated heterocycles. The van der Waals surface area contributed by atoms with Gasteiger partial charge in [0.2, 0.25) is 0 Å². The zero-order valence-electron chi connectivity index (χ0n) is 10.9. The molecule has 0 radical (unpaired) electrons. The zero-order valence-corrected chi connectivity index (χ0v) is 10.9. The van der Waals surface area contributed by atoms with Gasteiger partial charge in [-0.15, -0.1) is 0 Å². The van der Waals surface area contributed by atoms with E-state index in [1.165, 1.54) is 12.7 Å². The van der Waals surface area contributed by atoms with Gasteiger partial charge in [-0.2, -0.15) is 0 Å². The Bertz CT molecular complexity index is 626. The fourth-order valence-electron chi connectivity index (χ4n) is 1.59. The summed E-state index contributed by atoms with van der Waals surface area (Å²) in [6.07, 6.45) is 0. The smallest absolute Gasteiger partial charge is 0.337 e. The van der Waals surface area contributed by atoms with Gasteiger partial charge in [-0.25, -0.2) is 4.79 Å². The van der Waals surface area contributed by atoms with Crippen molar-refractivity contribution in [1.29, 1.82) is 0 Å². The lowest BCUT2D eigenvalue weighted by atomic mass is 10.1. The normalized spacial score (nSPS) is 9.37. The monoisotopic (exact) mass is 250 g/mol. The maximum Gasteiger partial charge on any atom is 0.337 e. The minimum absolute atomic E-state index is 0.335. The number of ether oxygens (including phenoxy) is 1. The Kier molecular flexibility index (Phi) is 4.00. The van der Waals surface area contributed by atoms with E-state index < -0.39 is 0 Å². The summed E-state index contributed by atoms with van der Waals surface area (Å²) in [5, 5.41) is 0. The van der Waals surface area contributed by atoms with Gasteiger partial charge in [0, 0.05) is 11.1 Å². The minimum atomic E-state index is -0.335. The van der Waals surface area contributed by atoms with E-state index in [-0.39, 0.29) is 5.97 Å². The molecule has 0 fully saturated rings. The first-order chi connectivity index (χ1) is 9.19. The van der Waals surface area contributed by atoms with Gasteiger partial charge in [-0.3, -0.25) is 0 Å². The highest BCUT2D eigenvalue weighted by molar-refractivity contribution is 5.89. The van der Waals surface area contributed by atoms with Crippen LogP contribution in [0.15, 0.2) is 48.5 Å². The minimum Gasteiger partial charge on any atom is -0.465 e. The average molecular weight is 250 g/mol. The number of hydrogen-bond donors (Lipinski definition) is 0. The molecule has 2 heteroatoms. The Balaban J connectivity index is 2.16. The van der Waals surface area contributed by atoms with Crippen molar-refractivity contribution in [3.63, 3.8) is 0 Å². The quantitative estimate of drug-likeness (QED) is 0.574.